The number of para-hydroxylation sites is 1. The van der Waals surface area contributed by atoms with Gasteiger partial charge in [-0.05, 0) is 43.7 Å². The van der Waals surface area contributed by atoms with Crippen molar-refractivity contribution in [1.82, 2.24) is 0 Å². The molecule has 8 heteroatoms. The Hall–Kier alpha value is -4.09. The highest BCUT2D eigenvalue weighted by atomic mass is 32.1. The Balaban J connectivity index is 2.00. The van der Waals surface area contributed by atoms with Crippen LogP contribution in [-0.2, 0) is 9.53 Å². The summed E-state index contributed by atoms with van der Waals surface area (Å²) in [5, 5.41) is 12.6. The lowest BCUT2D eigenvalue weighted by Gasteiger charge is -2.09. The molecule has 174 valence electrons. The number of nitriles is 1. The van der Waals surface area contributed by atoms with E-state index >= 15 is 0 Å². The highest BCUT2D eigenvalue weighted by Gasteiger charge is 2.26. The van der Waals surface area contributed by atoms with Crippen molar-refractivity contribution in [1.29, 1.82) is 5.26 Å². The molecule has 2 aromatic carbocycles. The molecule has 0 fully saturated rings. The predicted octanol–water partition coefficient (Wildman–Crippen LogP) is 5.46. The van der Waals surface area contributed by atoms with Crippen molar-refractivity contribution < 1.29 is 23.8 Å². The van der Waals surface area contributed by atoms with Crippen LogP contribution >= 0.6 is 11.3 Å². The first kappa shape index (κ1) is 24.6. The third kappa shape index (κ3) is 5.27. The normalized spacial score (nSPS) is 10.9. The fourth-order valence-corrected chi connectivity index (χ4v) is 4.48. The van der Waals surface area contributed by atoms with E-state index in [9.17, 15) is 14.9 Å². The number of methoxy groups -OCH3 is 2. The molecule has 3 aromatic rings. The van der Waals surface area contributed by atoms with Crippen LogP contribution in [0.25, 0.3) is 17.2 Å². The number of esters is 1. The van der Waals surface area contributed by atoms with Gasteiger partial charge in [-0.3, -0.25) is 4.79 Å². The third-order valence-electron chi connectivity index (χ3n) is 4.96. The van der Waals surface area contributed by atoms with Crippen LogP contribution in [0, 0.1) is 18.3 Å². The van der Waals surface area contributed by atoms with Crippen molar-refractivity contribution in [3.63, 3.8) is 0 Å². The molecule has 0 aliphatic rings. The lowest BCUT2D eigenvalue weighted by atomic mass is 10.0. The molecule has 0 spiro atoms. The van der Waals surface area contributed by atoms with Crippen molar-refractivity contribution in [2.75, 3.05) is 26.1 Å². The number of nitrogens with one attached hydrogen (secondary N) is 1. The molecular formula is C26H24N2O5S. The molecule has 0 atom stereocenters. The van der Waals surface area contributed by atoms with Gasteiger partial charge in [-0.2, -0.15) is 5.26 Å². The molecule has 0 radical (unpaired) electrons. The van der Waals surface area contributed by atoms with E-state index in [0.717, 1.165) is 10.4 Å². The second-order valence-corrected chi connectivity index (χ2v) is 8.28. The fraction of sp³-hybridized carbons (Fsp3) is 0.192. The first-order chi connectivity index (χ1) is 16.4. The van der Waals surface area contributed by atoms with Crippen LogP contribution in [0.2, 0.25) is 0 Å². The van der Waals surface area contributed by atoms with E-state index in [0.29, 0.717) is 34.2 Å². The van der Waals surface area contributed by atoms with Gasteiger partial charge in [-0.1, -0.05) is 30.3 Å². The van der Waals surface area contributed by atoms with Gasteiger partial charge >= 0.3 is 5.97 Å². The zero-order valence-electron chi connectivity index (χ0n) is 19.3. The monoisotopic (exact) mass is 476 g/mol. The smallest absolute Gasteiger partial charge is 0.341 e. The maximum absolute atomic E-state index is 13.0. The largest absolute Gasteiger partial charge is 0.496 e. The third-order valence-corrected chi connectivity index (χ3v) is 5.98. The highest BCUT2D eigenvalue weighted by Crippen LogP contribution is 2.41. The van der Waals surface area contributed by atoms with E-state index in [1.165, 1.54) is 31.6 Å². The van der Waals surface area contributed by atoms with Crippen LogP contribution in [0.5, 0.6) is 11.5 Å². The predicted molar refractivity (Wildman–Crippen MR) is 132 cm³/mol. The van der Waals surface area contributed by atoms with Gasteiger partial charge in [0.05, 0.1) is 20.8 Å². The summed E-state index contributed by atoms with van der Waals surface area (Å²) in [5.74, 6) is 0.0178. The summed E-state index contributed by atoms with van der Waals surface area (Å²) < 4.78 is 15.8. The Morgan fingerprint density at radius 2 is 1.82 bits per heavy atom. The van der Waals surface area contributed by atoms with Gasteiger partial charge in [0.25, 0.3) is 5.91 Å². The molecule has 0 unspecified atom stereocenters. The number of amides is 1. The fourth-order valence-electron chi connectivity index (χ4n) is 3.42. The van der Waals surface area contributed by atoms with E-state index in [-0.39, 0.29) is 11.1 Å². The number of rotatable bonds is 8. The number of benzene rings is 2. The minimum atomic E-state index is -0.641. The molecule has 1 amide bonds. The van der Waals surface area contributed by atoms with Crippen molar-refractivity contribution >= 4 is 34.3 Å². The van der Waals surface area contributed by atoms with Crippen molar-refractivity contribution in [3.05, 3.63) is 70.1 Å². The van der Waals surface area contributed by atoms with Gasteiger partial charge < -0.3 is 19.5 Å². The van der Waals surface area contributed by atoms with Crippen LogP contribution in [0.3, 0.4) is 0 Å². The van der Waals surface area contributed by atoms with Gasteiger partial charge in [0.15, 0.2) is 0 Å². The molecule has 0 bridgehead atoms. The average Bonchev–Trinajstić information content (AvgIpc) is 3.18. The van der Waals surface area contributed by atoms with Crippen LogP contribution < -0.4 is 14.8 Å². The van der Waals surface area contributed by atoms with E-state index in [1.807, 2.05) is 44.2 Å². The van der Waals surface area contributed by atoms with Crippen LogP contribution in [-0.4, -0.2) is 32.7 Å². The summed E-state index contributed by atoms with van der Waals surface area (Å²) in [6.45, 7) is 4.30. The zero-order valence-corrected chi connectivity index (χ0v) is 20.1. The zero-order chi connectivity index (χ0) is 24.7. The SMILES string of the molecule is CCOc1ccc(-c2c(C)sc(NC(=O)C(C#N)=Cc3ccccc3OC)c2C(=O)OC)cc1. The van der Waals surface area contributed by atoms with Crippen molar-refractivity contribution in [2.24, 2.45) is 0 Å². The second-order valence-electron chi connectivity index (χ2n) is 7.05. The molecule has 0 saturated heterocycles. The maximum Gasteiger partial charge on any atom is 0.341 e. The van der Waals surface area contributed by atoms with Crippen molar-refractivity contribution in [2.45, 2.75) is 13.8 Å². The van der Waals surface area contributed by atoms with Gasteiger partial charge in [0.1, 0.15) is 33.7 Å². The van der Waals surface area contributed by atoms with E-state index in [4.69, 9.17) is 14.2 Å². The van der Waals surface area contributed by atoms with Gasteiger partial charge in [-0.25, -0.2) is 4.79 Å². The Morgan fingerprint density at radius 1 is 1.12 bits per heavy atom. The number of ether oxygens (including phenoxy) is 3. The maximum atomic E-state index is 13.0. The number of nitrogens with zero attached hydrogens (tertiary/aromatic N) is 1. The second kappa shape index (κ2) is 11.2. The Morgan fingerprint density at radius 3 is 2.44 bits per heavy atom. The van der Waals surface area contributed by atoms with Gasteiger partial charge in [0, 0.05) is 16.0 Å². The van der Waals surface area contributed by atoms with Crippen LogP contribution in [0.4, 0.5) is 5.00 Å². The topological polar surface area (TPSA) is 97.6 Å². The van der Waals surface area contributed by atoms with E-state index in [2.05, 4.69) is 5.32 Å². The molecule has 7 nitrogen and oxygen atoms in total. The Labute approximate surface area is 202 Å². The van der Waals surface area contributed by atoms with Gasteiger partial charge in [-0.15, -0.1) is 11.3 Å². The quantitative estimate of drug-likeness (QED) is 0.263. The first-order valence-corrected chi connectivity index (χ1v) is 11.3. The molecule has 0 aliphatic heterocycles. The van der Waals surface area contributed by atoms with Gasteiger partial charge in [0.2, 0.25) is 0 Å². The number of aryl methyl sites for hydroxylation is 1. The summed E-state index contributed by atoms with van der Waals surface area (Å²) in [7, 11) is 2.80. The molecule has 1 N–H and O–H groups in total. The number of thiophene rings is 1. The van der Waals surface area contributed by atoms with Crippen LogP contribution in [0.15, 0.2) is 54.1 Å². The summed E-state index contributed by atoms with van der Waals surface area (Å²) >= 11 is 1.24. The molecule has 34 heavy (non-hydrogen) atoms. The van der Waals surface area contributed by atoms with E-state index < -0.39 is 11.9 Å². The Bertz CT molecular complexity index is 1270. The first-order valence-electron chi connectivity index (χ1n) is 10.4. The number of carbonyl (C=O) groups is 2. The summed E-state index contributed by atoms with van der Waals surface area (Å²) in [4.78, 5) is 26.5. The molecule has 0 saturated carbocycles. The minimum absolute atomic E-state index is 0.131. The highest BCUT2D eigenvalue weighted by molar-refractivity contribution is 7.17. The van der Waals surface area contributed by atoms with Crippen molar-refractivity contribution in [3.8, 4) is 28.7 Å². The standard InChI is InChI=1S/C26H24N2O5S/c1-5-33-20-12-10-17(11-13-20)22-16(2)34-25(23(22)26(30)32-4)28-24(29)19(15-27)14-18-8-6-7-9-21(18)31-3/h6-14H,5H2,1-4H3,(H,28,29). The Kier molecular flexibility index (Phi) is 8.06. The lowest BCUT2D eigenvalue weighted by molar-refractivity contribution is -0.112. The molecule has 0 aliphatic carbocycles. The van der Waals surface area contributed by atoms with Crippen LogP contribution in [0.1, 0.15) is 27.7 Å². The molecule has 1 aromatic heterocycles. The summed E-state index contributed by atoms with van der Waals surface area (Å²) in [6, 6.07) is 16.3. The molecule has 3 rings (SSSR count). The lowest BCUT2D eigenvalue weighted by Crippen LogP contribution is -2.15. The number of hydrogen-bond acceptors (Lipinski definition) is 7. The van der Waals surface area contributed by atoms with E-state index in [1.54, 1.807) is 24.3 Å². The molecule has 1 heterocycles. The summed E-state index contributed by atoms with van der Waals surface area (Å²) in [6.07, 6.45) is 1.44. The number of carbonyl (C=O) groups excluding carboxylic acids is 2. The molecular weight excluding hydrogens is 452 g/mol. The summed E-state index contributed by atoms with van der Waals surface area (Å²) in [5.41, 5.74) is 2.12. The number of anilines is 1. The minimum Gasteiger partial charge on any atom is -0.496 e. The average molecular weight is 477 g/mol. The number of hydrogen-bond donors (Lipinski definition) is 1.